The number of Topliss-reactive ketones (excluding diaryl/α,β-unsaturated/α-hetero) is 1. The second-order valence-corrected chi connectivity index (χ2v) is 3.86. The highest BCUT2D eigenvalue weighted by molar-refractivity contribution is 7.09. The molecule has 0 spiro atoms. The van der Waals surface area contributed by atoms with Gasteiger partial charge in [-0.1, -0.05) is 0 Å². The van der Waals surface area contributed by atoms with Gasteiger partial charge in [-0.3, -0.25) is 9.78 Å². The summed E-state index contributed by atoms with van der Waals surface area (Å²) in [6.45, 7) is 0. The molecule has 0 aliphatic carbocycles. The third-order valence-corrected chi connectivity index (χ3v) is 2.65. The van der Waals surface area contributed by atoms with Gasteiger partial charge in [0.25, 0.3) is 0 Å². The number of thiazole rings is 1. The van der Waals surface area contributed by atoms with Crippen LogP contribution in [0.3, 0.4) is 0 Å². The maximum atomic E-state index is 13.2. The van der Waals surface area contributed by atoms with Crippen LogP contribution < -0.4 is 0 Å². The van der Waals surface area contributed by atoms with Crippen LogP contribution in [0.4, 0.5) is 4.39 Å². The van der Waals surface area contributed by atoms with E-state index in [0.29, 0.717) is 5.01 Å². The van der Waals surface area contributed by atoms with Crippen LogP contribution >= 0.6 is 11.3 Å². The molecule has 0 aromatic carbocycles. The minimum absolute atomic E-state index is 0.0696. The average molecular weight is 222 g/mol. The van der Waals surface area contributed by atoms with E-state index in [-0.39, 0.29) is 17.8 Å². The zero-order valence-corrected chi connectivity index (χ0v) is 8.50. The zero-order chi connectivity index (χ0) is 10.7. The summed E-state index contributed by atoms with van der Waals surface area (Å²) in [5.41, 5.74) is 0.0696. The quantitative estimate of drug-likeness (QED) is 0.747. The van der Waals surface area contributed by atoms with Gasteiger partial charge in [0, 0.05) is 17.8 Å². The largest absolute Gasteiger partial charge is 0.294 e. The molecule has 15 heavy (non-hydrogen) atoms. The van der Waals surface area contributed by atoms with E-state index in [0.717, 1.165) is 6.20 Å². The molecule has 76 valence electrons. The average Bonchev–Trinajstić information content (AvgIpc) is 2.71. The number of ketones is 1. The normalized spacial score (nSPS) is 10.2. The van der Waals surface area contributed by atoms with Crippen molar-refractivity contribution in [3.63, 3.8) is 0 Å². The predicted molar refractivity (Wildman–Crippen MR) is 54.3 cm³/mol. The number of carbonyl (C=O) groups excluding carboxylic acids is 1. The van der Waals surface area contributed by atoms with Crippen molar-refractivity contribution in [3.05, 3.63) is 46.4 Å². The van der Waals surface area contributed by atoms with Crippen molar-refractivity contribution < 1.29 is 9.18 Å². The van der Waals surface area contributed by atoms with Gasteiger partial charge < -0.3 is 0 Å². The lowest BCUT2D eigenvalue weighted by molar-refractivity contribution is 0.0989. The van der Waals surface area contributed by atoms with Crippen molar-refractivity contribution in [3.8, 4) is 0 Å². The second-order valence-electron chi connectivity index (χ2n) is 2.88. The first kappa shape index (κ1) is 9.92. The number of aromatic nitrogens is 2. The summed E-state index contributed by atoms with van der Waals surface area (Å²) < 4.78 is 13.2. The highest BCUT2D eigenvalue weighted by atomic mass is 32.1. The molecule has 0 fully saturated rings. The van der Waals surface area contributed by atoms with Gasteiger partial charge in [0.2, 0.25) is 0 Å². The lowest BCUT2D eigenvalue weighted by Crippen LogP contribution is -2.06. The fourth-order valence-corrected chi connectivity index (χ4v) is 1.79. The molecular formula is C10H7FN2OS. The van der Waals surface area contributed by atoms with E-state index in [4.69, 9.17) is 0 Å². The molecular weight excluding hydrogens is 215 g/mol. The summed E-state index contributed by atoms with van der Waals surface area (Å²) in [6, 6.07) is 1.38. The van der Waals surface area contributed by atoms with Gasteiger partial charge in [-0.25, -0.2) is 9.37 Å². The van der Waals surface area contributed by atoms with Gasteiger partial charge in [0.1, 0.15) is 5.01 Å². The Labute approximate surface area is 89.6 Å². The first-order chi connectivity index (χ1) is 7.27. The zero-order valence-electron chi connectivity index (χ0n) is 7.68. The van der Waals surface area contributed by atoms with Crippen molar-refractivity contribution >= 4 is 17.1 Å². The van der Waals surface area contributed by atoms with E-state index >= 15 is 0 Å². The summed E-state index contributed by atoms with van der Waals surface area (Å²) in [5.74, 6) is -0.857. The van der Waals surface area contributed by atoms with Crippen LogP contribution in [0.25, 0.3) is 0 Å². The van der Waals surface area contributed by atoms with Gasteiger partial charge in [-0.15, -0.1) is 11.3 Å². The van der Waals surface area contributed by atoms with Crippen LogP contribution in [0.2, 0.25) is 0 Å². The molecule has 0 aliphatic rings. The Morgan fingerprint density at radius 1 is 1.47 bits per heavy atom. The molecule has 3 nitrogen and oxygen atoms in total. The molecule has 2 aromatic heterocycles. The van der Waals surface area contributed by atoms with Crippen LogP contribution in [-0.4, -0.2) is 15.8 Å². The van der Waals surface area contributed by atoms with E-state index < -0.39 is 5.82 Å². The van der Waals surface area contributed by atoms with Crippen molar-refractivity contribution in [1.82, 2.24) is 9.97 Å². The third-order valence-electron chi connectivity index (χ3n) is 1.87. The van der Waals surface area contributed by atoms with E-state index in [2.05, 4.69) is 9.97 Å². The monoisotopic (exact) mass is 222 g/mol. The Hall–Kier alpha value is -1.62. The summed E-state index contributed by atoms with van der Waals surface area (Å²) >= 11 is 1.38. The molecule has 2 heterocycles. The SMILES string of the molecule is O=C(Cc1nccs1)c1ccncc1F. The molecule has 0 bridgehead atoms. The first-order valence-electron chi connectivity index (χ1n) is 4.28. The maximum Gasteiger partial charge on any atom is 0.172 e. The fraction of sp³-hybridized carbons (Fsp3) is 0.100. The van der Waals surface area contributed by atoms with Crippen molar-refractivity contribution in [2.75, 3.05) is 0 Å². The van der Waals surface area contributed by atoms with Gasteiger partial charge in [-0.05, 0) is 6.07 Å². The summed E-state index contributed by atoms with van der Waals surface area (Å²) in [6.07, 6.45) is 4.20. The lowest BCUT2D eigenvalue weighted by atomic mass is 10.1. The number of nitrogens with zero attached hydrogens (tertiary/aromatic N) is 2. The van der Waals surface area contributed by atoms with Crippen LogP contribution in [-0.2, 0) is 6.42 Å². The highest BCUT2D eigenvalue weighted by Crippen LogP contribution is 2.11. The van der Waals surface area contributed by atoms with Crippen molar-refractivity contribution in [1.29, 1.82) is 0 Å². The lowest BCUT2D eigenvalue weighted by Gasteiger charge is -1.99. The summed E-state index contributed by atoms with van der Waals surface area (Å²) in [5, 5.41) is 2.47. The van der Waals surface area contributed by atoms with Gasteiger partial charge >= 0.3 is 0 Å². The molecule has 0 saturated carbocycles. The number of rotatable bonds is 3. The first-order valence-corrected chi connectivity index (χ1v) is 5.16. The minimum atomic E-state index is -0.584. The fourth-order valence-electron chi connectivity index (χ4n) is 1.17. The van der Waals surface area contributed by atoms with Crippen LogP contribution in [0, 0.1) is 5.82 Å². The van der Waals surface area contributed by atoms with Crippen LogP contribution in [0.5, 0.6) is 0 Å². The van der Waals surface area contributed by atoms with Crippen LogP contribution in [0.15, 0.2) is 30.0 Å². The van der Waals surface area contributed by atoms with E-state index in [9.17, 15) is 9.18 Å². The molecule has 2 rings (SSSR count). The number of halogens is 1. The second kappa shape index (κ2) is 4.27. The number of hydrogen-bond donors (Lipinski definition) is 0. The topological polar surface area (TPSA) is 42.9 Å². The van der Waals surface area contributed by atoms with E-state index in [1.807, 2.05) is 0 Å². The molecule has 0 radical (unpaired) electrons. The standard InChI is InChI=1S/C10H7FN2OS/c11-8-6-12-2-1-7(8)9(14)5-10-13-3-4-15-10/h1-4,6H,5H2. The van der Waals surface area contributed by atoms with E-state index in [1.165, 1.54) is 23.6 Å². The molecule has 0 saturated heterocycles. The Morgan fingerprint density at radius 3 is 3.00 bits per heavy atom. The van der Waals surface area contributed by atoms with E-state index in [1.54, 1.807) is 11.6 Å². The molecule has 0 N–H and O–H groups in total. The Balaban J connectivity index is 2.19. The number of pyridine rings is 1. The molecule has 5 heteroatoms. The molecule has 2 aromatic rings. The summed E-state index contributed by atoms with van der Waals surface area (Å²) in [4.78, 5) is 19.2. The Kier molecular flexibility index (Phi) is 2.82. The van der Waals surface area contributed by atoms with Crippen molar-refractivity contribution in [2.24, 2.45) is 0 Å². The molecule has 0 atom stereocenters. The number of carbonyl (C=O) groups is 1. The minimum Gasteiger partial charge on any atom is -0.294 e. The van der Waals surface area contributed by atoms with Crippen LogP contribution in [0.1, 0.15) is 15.4 Å². The number of hydrogen-bond acceptors (Lipinski definition) is 4. The van der Waals surface area contributed by atoms with Gasteiger partial charge in [0.15, 0.2) is 11.6 Å². The Bertz CT molecular complexity index is 470. The third kappa shape index (κ3) is 2.24. The van der Waals surface area contributed by atoms with Gasteiger partial charge in [0.05, 0.1) is 18.2 Å². The smallest absolute Gasteiger partial charge is 0.172 e. The molecule has 0 unspecified atom stereocenters. The predicted octanol–water partition coefficient (Wildman–Crippen LogP) is 2.10. The molecule has 0 amide bonds. The van der Waals surface area contributed by atoms with Crippen molar-refractivity contribution in [2.45, 2.75) is 6.42 Å². The van der Waals surface area contributed by atoms with Gasteiger partial charge in [-0.2, -0.15) is 0 Å². The highest BCUT2D eigenvalue weighted by Gasteiger charge is 2.12. The Morgan fingerprint density at radius 2 is 2.33 bits per heavy atom. The maximum absolute atomic E-state index is 13.2. The molecule has 0 aliphatic heterocycles. The summed E-state index contributed by atoms with van der Waals surface area (Å²) in [7, 11) is 0.